The highest BCUT2D eigenvalue weighted by molar-refractivity contribution is 7.18. The summed E-state index contributed by atoms with van der Waals surface area (Å²) in [5, 5.41) is 7.22. The molecule has 0 aliphatic carbocycles. The Balaban J connectivity index is 1.47. The second-order valence-electron chi connectivity index (χ2n) is 7.46. The number of morpholine rings is 1. The predicted octanol–water partition coefficient (Wildman–Crippen LogP) is 2.87. The first-order valence-electron chi connectivity index (χ1n) is 10.2. The third-order valence-corrected chi connectivity index (χ3v) is 6.39. The largest absolute Gasteiger partial charge is 0.379 e. The van der Waals surface area contributed by atoms with E-state index in [9.17, 15) is 4.79 Å². The summed E-state index contributed by atoms with van der Waals surface area (Å²) in [5.41, 5.74) is 2.24. The summed E-state index contributed by atoms with van der Waals surface area (Å²) in [7, 11) is 0. The summed E-state index contributed by atoms with van der Waals surface area (Å²) in [4.78, 5) is 26.5. The van der Waals surface area contributed by atoms with Gasteiger partial charge >= 0.3 is 0 Å². The SMILES string of the molecule is Cc1sc2nc(CN3CCOCC3)nc(NCC(=O)NCc3ccccc3)c2c1C. The van der Waals surface area contributed by atoms with E-state index in [2.05, 4.69) is 29.4 Å². The van der Waals surface area contributed by atoms with Gasteiger partial charge in [-0.15, -0.1) is 11.3 Å². The van der Waals surface area contributed by atoms with Crippen LogP contribution in [0.2, 0.25) is 0 Å². The average molecular weight is 426 g/mol. The number of hydrogen-bond acceptors (Lipinski definition) is 7. The van der Waals surface area contributed by atoms with Crippen LogP contribution in [0.3, 0.4) is 0 Å². The highest BCUT2D eigenvalue weighted by Gasteiger charge is 2.18. The van der Waals surface area contributed by atoms with E-state index in [-0.39, 0.29) is 12.5 Å². The molecular weight excluding hydrogens is 398 g/mol. The fourth-order valence-corrected chi connectivity index (χ4v) is 4.52. The van der Waals surface area contributed by atoms with Crippen molar-refractivity contribution in [1.29, 1.82) is 0 Å². The highest BCUT2D eigenvalue weighted by atomic mass is 32.1. The summed E-state index contributed by atoms with van der Waals surface area (Å²) < 4.78 is 5.43. The van der Waals surface area contributed by atoms with Crippen LogP contribution in [0.5, 0.6) is 0 Å². The lowest BCUT2D eigenvalue weighted by atomic mass is 10.2. The molecule has 1 aromatic carbocycles. The van der Waals surface area contributed by atoms with Gasteiger partial charge in [-0.25, -0.2) is 9.97 Å². The van der Waals surface area contributed by atoms with Crippen molar-refractivity contribution in [3.8, 4) is 0 Å². The molecule has 1 aliphatic rings. The Hall–Kier alpha value is -2.55. The minimum absolute atomic E-state index is 0.0649. The Morgan fingerprint density at radius 3 is 2.70 bits per heavy atom. The van der Waals surface area contributed by atoms with Crippen molar-refractivity contribution in [2.45, 2.75) is 26.9 Å². The third-order valence-electron chi connectivity index (χ3n) is 5.29. The molecule has 0 spiro atoms. The number of nitrogens with zero attached hydrogens (tertiary/aromatic N) is 3. The molecule has 2 N–H and O–H groups in total. The number of amides is 1. The van der Waals surface area contributed by atoms with Gasteiger partial charge in [0.05, 0.1) is 31.7 Å². The monoisotopic (exact) mass is 425 g/mol. The molecule has 1 amide bonds. The Morgan fingerprint density at radius 2 is 1.93 bits per heavy atom. The maximum atomic E-state index is 12.4. The van der Waals surface area contributed by atoms with Crippen LogP contribution >= 0.6 is 11.3 Å². The van der Waals surface area contributed by atoms with E-state index in [0.29, 0.717) is 13.1 Å². The summed E-state index contributed by atoms with van der Waals surface area (Å²) >= 11 is 1.68. The number of rotatable bonds is 7. The van der Waals surface area contributed by atoms with Gasteiger partial charge in [0.15, 0.2) is 0 Å². The van der Waals surface area contributed by atoms with Crippen LogP contribution in [0.25, 0.3) is 10.2 Å². The molecule has 1 saturated heterocycles. The second-order valence-corrected chi connectivity index (χ2v) is 8.66. The van der Waals surface area contributed by atoms with Gasteiger partial charge in [0.1, 0.15) is 16.5 Å². The zero-order valence-electron chi connectivity index (χ0n) is 17.4. The van der Waals surface area contributed by atoms with Crippen molar-refractivity contribution in [1.82, 2.24) is 20.2 Å². The fourth-order valence-electron chi connectivity index (χ4n) is 3.47. The number of ether oxygens (including phenoxy) is 1. The minimum atomic E-state index is -0.0649. The number of benzene rings is 1. The van der Waals surface area contributed by atoms with Gasteiger partial charge < -0.3 is 15.4 Å². The van der Waals surface area contributed by atoms with Gasteiger partial charge in [-0.2, -0.15) is 0 Å². The highest BCUT2D eigenvalue weighted by Crippen LogP contribution is 2.33. The fraction of sp³-hybridized carbons (Fsp3) is 0.409. The van der Waals surface area contributed by atoms with Crippen molar-refractivity contribution in [3.63, 3.8) is 0 Å². The Bertz CT molecular complexity index is 1020. The maximum Gasteiger partial charge on any atom is 0.239 e. The molecule has 7 nitrogen and oxygen atoms in total. The first-order chi connectivity index (χ1) is 14.6. The van der Waals surface area contributed by atoms with Gasteiger partial charge in [-0.05, 0) is 25.0 Å². The van der Waals surface area contributed by atoms with Crippen LogP contribution in [0.4, 0.5) is 5.82 Å². The topological polar surface area (TPSA) is 79.4 Å². The molecule has 158 valence electrons. The van der Waals surface area contributed by atoms with Gasteiger partial charge in [0.25, 0.3) is 0 Å². The van der Waals surface area contributed by atoms with Crippen molar-refractivity contribution in [2.75, 3.05) is 38.2 Å². The quantitative estimate of drug-likeness (QED) is 0.606. The number of nitrogens with one attached hydrogen (secondary N) is 2. The molecule has 8 heteroatoms. The molecule has 0 atom stereocenters. The van der Waals surface area contributed by atoms with Crippen LogP contribution in [0.15, 0.2) is 30.3 Å². The predicted molar refractivity (Wildman–Crippen MR) is 120 cm³/mol. The van der Waals surface area contributed by atoms with E-state index in [0.717, 1.165) is 53.7 Å². The number of aromatic nitrogens is 2. The number of carbonyl (C=O) groups is 1. The van der Waals surface area contributed by atoms with Crippen molar-refractivity contribution in [2.24, 2.45) is 0 Å². The van der Waals surface area contributed by atoms with Gasteiger partial charge in [-0.1, -0.05) is 30.3 Å². The van der Waals surface area contributed by atoms with Crippen LogP contribution in [0, 0.1) is 13.8 Å². The Labute approximate surface area is 180 Å². The molecule has 0 unspecified atom stereocenters. The second kappa shape index (κ2) is 9.51. The zero-order chi connectivity index (χ0) is 20.9. The number of anilines is 1. The molecule has 0 saturated carbocycles. The van der Waals surface area contributed by atoms with Crippen LogP contribution in [-0.4, -0.2) is 53.6 Å². The molecule has 30 heavy (non-hydrogen) atoms. The average Bonchev–Trinajstić information content (AvgIpc) is 3.05. The smallest absolute Gasteiger partial charge is 0.239 e. The first kappa shape index (κ1) is 20.7. The maximum absolute atomic E-state index is 12.4. The van der Waals surface area contributed by atoms with Gasteiger partial charge in [0.2, 0.25) is 5.91 Å². The molecule has 2 aromatic heterocycles. The van der Waals surface area contributed by atoms with Crippen LogP contribution in [0.1, 0.15) is 21.8 Å². The van der Waals surface area contributed by atoms with E-state index in [1.807, 2.05) is 30.3 Å². The summed E-state index contributed by atoms with van der Waals surface area (Å²) in [5.74, 6) is 1.45. The summed E-state index contributed by atoms with van der Waals surface area (Å²) in [6.45, 7) is 8.80. The van der Waals surface area contributed by atoms with Crippen LogP contribution in [-0.2, 0) is 22.6 Å². The lowest BCUT2D eigenvalue weighted by Crippen LogP contribution is -2.36. The molecule has 3 aromatic rings. The molecule has 4 rings (SSSR count). The third kappa shape index (κ3) is 4.95. The number of aryl methyl sites for hydroxylation is 2. The van der Waals surface area contributed by atoms with Crippen molar-refractivity contribution < 1.29 is 9.53 Å². The number of hydrogen-bond donors (Lipinski definition) is 2. The minimum Gasteiger partial charge on any atom is -0.379 e. The van der Waals surface area contributed by atoms with E-state index in [1.54, 1.807) is 11.3 Å². The van der Waals surface area contributed by atoms with Crippen LogP contribution < -0.4 is 10.6 Å². The van der Waals surface area contributed by atoms with Crippen molar-refractivity contribution in [3.05, 3.63) is 52.2 Å². The van der Waals surface area contributed by atoms with Gasteiger partial charge in [-0.3, -0.25) is 9.69 Å². The number of fused-ring (bicyclic) bond motifs is 1. The van der Waals surface area contributed by atoms with Crippen molar-refractivity contribution >= 4 is 33.3 Å². The normalized spacial score (nSPS) is 14.7. The molecular formula is C22H27N5O2S. The molecule has 0 radical (unpaired) electrons. The number of thiophene rings is 1. The zero-order valence-corrected chi connectivity index (χ0v) is 18.2. The number of carbonyl (C=O) groups excluding carboxylic acids is 1. The summed E-state index contributed by atoms with van der Waals surface area (Å²) in [6, 6.07) is 9.89. The molecule has 0 bridgehead atoms. The van der Waals surface area contributed by atoms with E-state index in [4.69, 9.17) is 14.7 Å². The van der Waals surface area contributed by atoms with Gasteiger partial charge in [0, 0.05) is 24.5 Å². The molecule has 1 fully saturated rings. The lowest BCUT2D eigenvalue weighted by molar-refractivity contribution is -0.119. The lowest BCUT2D eigenvalue weighted by Gasteiger charge is -2.25. The van der Waals surface area contributed by atoms with E-state index < -0.39 is 0 Å². The van der Waals surface area contributed by atoms with E-state index >= 15 is 0 Å². The molecule has 1 aliphatic heterocycles. The van der Waals surface area contributed by atoms with E-state index in [1.165, 1.54) is 10.4 Å². The summed E-state index contributed by atoms with van der Waals surface area (Å²) in [6.07, 6.45) is 0. The Kier molecular flexibility index (Phi) is 6.56. The first-order valence-corrected chi connectivity index (χ1v) is 11.0. The standard InChI is InChI=1S/C22H27N5O2S/c1-15-16(2)30-22-20(15)21(25-18(26-22)14-27-8-10-29-11-9-27)24-13-19(28)23-12-17-6-4-3-5-7-17/h3-7H,8-14H2,1-2H3,(H,23,28)(H,24,25,26). The Morgan fingerprint density at radius 1 is 1.17 bits per heavy atom. The molecule has 3 heterocycles.